The second kappa shape index (κ2) is 5.80. The minimum Gasteiger partial charge on any atom is -0.493 e. The van der Waals surface area contributed by atoms with E-state index in [4.69, 9.17) is 14.9 Å². The molecule has 21 heavy (non-hydrogen) atoms. The van der Waals surface area contributed by atoms with E-state index in [1.54, 1.807) is 12.1 Å². The van der Waals surface area contributed by atoms with Gasteiger partial charge in [0.2, 0.25) is 0 Å². The van der Waals surface area contributed by atoms with Gasteiger partial charge in [0, 0.05) is 11.8 Å². The van der Waals surface area contributed by atoms with Crippen LogP contribution in [0.5, 0.6) is 5.75 Å². The van der Waals surface area contributed by atoms with E-state index < -0.39 is 24.0 Å². The standard InChI is InChI=1S/C15H14O6/c16-13(17)15(20,14(18)19)8-9-21-12-7-3-5-10-4-1-2-6-11(10)12/h1-7,20H,8-9H2,(H,16,17)(H,18,19). The molecule has 0 bridgehead atoms. The van der Waals surface area contributed by atoms with Crippen LogP contribution in [0.2, 0.25) is 0 Å². The second-order valence-electron chi connectivity index (χ2n) is 4.55. The van der Waals surface area contributed by atoms with Crippen LogP contribution in [-0.4, -0.2) is 39.5 Å². The first kappa shape index (κ1) is 14.8. The first-order valence-corrected chi connectivity index (χ1v) is 6.25. The molecule has 0 spiro atoms. The van der Waals surface area contributed by atoms with Crippen molar-refractivity contribution in [3.8, 4) is 5.75 Å². The molecule has 6 heteroatoms. The number of rotatable bonds is 6. The van der Waals surface area contributed by atoms with Crippen LogP contribution >= 0.6 is 0 Å². The molecule has 0 amide bonds. The smallest absolute Gasteiger partial charge is 0.347 e. The third-order valence-electron chi connectivity index (χ3n) is 3.18. The predicted octanol–water partition coefficient (Wildman–Crippen LogP) is 1.51. The lowest BCUT2D eigenvalue weighted by molar-refractivity contribution is -0.177. The van der Waals surface area contributed by atoms with E-state index in [1.807, 2.05) is 30.3 Å². The van der Waals surface area contributed by atoms with Gasteiger partial charge in [-0.2, -0.15) is 0 Å². The Morgan fingerprint density at radius 2 is 1.62 bits per heavy atom. The molecule has 3 N–H and O–H groups in total. The highest BCUT2D eigenvalue weighted by Crippen LogP contribution is 2.25. The first-order valence-electron chi connectivity index (χ1n) is 6.25. The van der Waals surface area contributed by atoms with Crippen LogP contribution in [0.3, 0.4) is 0 Å². The summed E-state index contributed by atoms with van der Waals surface area (Å²) in [6.07, 6.45) is -0.555. The van der Waals surface area contributed by atoms with Crippen LogP contribution < -0.4 is 4.74 Å². The Morgan fingerprint density at radius 3 is 2.29 bits per heavy atom. The highest BCUT2D eigenvalue weighted by Gasteiger charge is 2.44. The summed E-state index contributed by atoms with van der Waals surface area (Å²) in [7, 11) is 0. The van der Waals surface area contributed by atoms with E-state index in [0.717, 1.165) is 10.8 Å². The number of fused-ring (bicyclic) bond motifs is 1. The third-order valence-corrected chi connectivity index (χ3v) is 3.18. The molecule has 0 unspecified atom stereocenters. The number of hydrogen-bond acceptors (Lipinski definition) is 4. The molecule has 0 aliphatic carbocycles. The Labute approximate surface area is 120 Å². The highest BCUT2D eigenvalue weighted by molar-refractivity contribution is 6.01. The van der Waals surface area contributed by atoms with Gasteiger partial charge in [-0.3, -0.25) is 0 Å². The van der Waals surface area contributed by atoms with E-state index in [2.05, 4.69) is 0 Å². The van der Waals surface area contributed by atoms with Gasteiger partial charge < -0.3 is 20.1 Å². The van der Waals surface area contributed by atoms with Crippen molar-refractivity contribution in [1.29, 1.82) is 0 Å². The maximum absolute atomic E-state index is 10.8. The quantitative estimate of drug-likeness (QED) is 0.697. The Bertz CT molecular complexity index is 659. The number of aliphatic carboxylic acids is 2. The monoisotopic (exact) mass is 290 g/mol. The molecule has 0 radical (unpaired) electrons. The van der Waals surface area contributed by atoms with Crippen molar-refractivity contribution in [2.75, 3.05) is 6.61 Å². The van der Waals surface area contributed by atoms with Crippen molar-refractivity contribution >= 4 is 22.7 Å². The summed E-state index contributed by atoms with van der Waals surface area (Å²) >= 11 is 0. The van der Waals surface area contributed by atoms with Crippen molar-refractivity contribution in [2.45, 2.75) is 12.0 Å². The van der Waals surface area contributed by atoms with Gasteiger partial charge >= 0.3 is 11.9 Å². The SMILES string of the molecule is O=C(O)C(O)(CCOc1cccc2ccccc12)C(=O)O. The summed E-state index contributed by atoms with van der Waals surface area (Å²) in [6.45, 7) is -0.233. The normalized spacial score (nSPS) is 11.3. The van der Waals surface area contributed by atoms with Crippen molar-refractivity contribution in [2.24, 2.45) is 0 Å². The van der Waals surface area contributed by atoms with Crippen molar-refractivity contribution in [3.05, 3.63) is 42.5 Å². The van der Waals surface area contributed by atoms with E-state index >= 15 is 0 Å². The lowest BCUT2D eigenvalue weighted by Crippen LogP contribution is -2.47. The molecule has 0 heterocycles. The van der Waals surface area contributed by atoms with Crippen LogP contribution in [-0.2, 0) is 9.59 Å². The van der Waals surface area contributed by atoms with Crippen LogP contribution in [0.1, 0.15) is 6.42 Å². The summed E-state index contributed by atoms with van der Waals surface area (Å²) in [5.41, 5.74) is -2.84. The number of carboxylic acids is 2. The number of aliphatic hydroxyl groups is 1. The van der Waals surface area contributed by atoms with Gasteiger partial charge in [0.15, 0.2) is 0 Å². The van der Waals surface area contributed by atoms with Gasteiger partial charge in [-0.05, 0) is 11.5 Å². The van der Waals surface area contributed by atoms with Crippen molar-refractivity contribution in [3.63, 3.8) is 0 Å². The Hall–Kier alpha value is -2.60. The second-order valence-corrected chi connectivity index (χ2v) is 4.55. The topological polar surface area (TPSA) is 104 Å². The van der Waals surface area contributed by atoms with E-state index in [0.29, 0.717) is 5.75 Å². The van der Waals surface area contributed by atoms with E-state index in [9.17, 15) is 14.7 Å². The Balaban J connectivity index is 2.12. The zero-order chi connectivity index (χ0) is 15.5. The summed E-state index contributed by atoms with van der Waals surface area (Å²) in [5, 5.41) is 28.9. The van der Waals surface area contributed by atoms with Crippen molar-refractivity contribution < 1.29 is 29.6 Å². The lowest BCUT2D eigenvalue weighted by Gasteiger charge is -2.18. The molecule has 2 aromatic carbocycles. The van der Waals surface area contributed by atoms with Gasteiger partial charge in [-0.25, -0.2) is 9.59 Å². The molecule has 0 fully saturated rings. The summed E-state index contributed by atoms with van der Waals surface area (Å²) in [4.78, 5) is 21.7. The predicted molar refractivity (Wildman–Crippen MR) is 74.3 cm³/mol. The zero-order valence-electron chi connectivity index (χ0n) is 11.0. The molecular formula is C15H14O6. The first-order chi connectivity index (χ1) is 9.95. The fourth-order valence-corrected chi connectivity index (χ4v) is 1.94. The molecule has 0 aliphatic heterocycles. The van der Waals surface area contributed by atoms with Crippen LogP contribution in [0.4, 0.5) is 0 Å². The number of carboxylic acid groups (broad SMARTS) is 2. The number of hydrogen-bond donors (Lipinski definition) is 3. The number of benzene rings is 2. The zero-order valence-corrected chi connectivity index (χ0v) is 11.0. The van der Waals surface area contributed by atoms with Crippen LogP contribution in [0.15, 0.2) is 42.5 Å². The van der Waals surface area contributed by atoms with Gasteiger partial charge in [0.1, 0.15) is 5.75 Å². The van der Waals surface area contributed by atoms with Gasteiger partial charge in [-0.1, -0.05) is 36.4 Å². The summed E-state index contributed by atoms with van der Waals surface area (Å²) < 4.78 is 5.43. The van der Waals surface area contributed by atoms with Gasteiger partial charge in [0.25, 0.3) is 5.60 Å². The summed E-state index contributed by atoms with van der Waals surface area (Å²) in [6, 6.07) is 12.8. The minimum absolute atomic E-state index is 0.233. The van der Waals surface area contributed by atoms with E-state index in [1.165, 1.54) is 0 Å². The van der Waals surface area contributed by atoms with Crippen LogP contribution in [0, 0.1) is 0 Å². The maximum atomic E-state index is 10.8. The lowest BCUT2D eigenvalue weighted by atomic mass is 10.0. The molecule has 2 rings (SSSR count). The summed E-state index contributed by atoms with van der Waals surface area (Å²) in [5.74, 6) is -3.11. The molecule has 0 saturated carbocycles. The fourth-order valence-electron chi connectivity index (χ4n) is 1.94. The molecule has 6 nitrogen and oxygen atoms in total. The fraction of sp³-hybridized carbons (Fsp3) is 0.200. The van der Waals surface area contributed by atoms with Gasteiger partial charge in [0.05, 0.1) is 6.61 Å². The maximum Gasteiger partial charge on any atom is 0.347 e. The molecule has 0 aromatic heterocycles. The Morgan fingerprint density at radius 1 is 1.00 bits per heavy atom. The average Bonchev–Trinajstić information content (AvgIpc) is 2.47. The highest BCUT2D eigenvalue weighted by atomic mass is 16.5. The molecular weight excluding hydrogens is 276 g/mol. The molecule has 0 saturated heterocycles. The van der Waals surface area contributed by atoms with Crippen molar-refractivity contribution in [1.82, 2.24) is 0 Å². The van der Waals surface area contributed by atoms with Gasteiger partial charge in [-0.15, -0.1) is 0 Å². The largest absolute Gasteiger partial charge is 0.493 e. The van der Waals surface area contributed by atoms with E-state index in [-0.39, 0.29) is 6.61 Å². The molecule has 0 atom stereocenters. The number of ether oxygens (including phenoxy) is 1. The van der Waals surface area contributed by atoms with Crippen LogP contribution in [0.25, 0.3) is 10.8 Å². The number of carbonyl (C=O) groups is 2. The minimum atomic E-state index is -2.84. The Kier molecular flexibility index (Phi) is 4.09. The average molecular weight is 290 g/mol. The molecule has 110 valence electrons. The molecule has 2 aromatic rings. The molecule has 0 aliphatic rings. The third kappa shape index (κ3) is 2.95.